The number of nitrogens with zero attached hydrogens (tertiary/aromatic N) is 1. The number of para-hydroxylation sites is 1. The normalized spacial score (nSPS) is 20.4. The summed E-state index contributed by atoms with van der Waals surface area (Å²) < 4.78 is 0. The Morgan fingerprint density at radius 3 is 2.79 bits per heavy atom. The average Bonchev–Trinajstić information content (AvgIpc) is 2.70. The van der Waals surface area contributed by atoms with Crippen LogP contribution in [0.5, 0.6) is 0 Å². The summed E-state index contributed by atoms with van der Waals surface area (Å²) in [6, 6.07) is 9.19. The number of amides is 2. The molecule has 1 aromatic carbocycles. The molecular weight excluding hydrogens is 242 g/mol. The van der Waals surface area contributed by atoms with Crippen LogP contribution in [0.1, 0.15) is 19.8 Å². The van der Waals surface area contributed by atoms with Crippen LogP contribution in [0.4, 0.5) is 5.69 Å². The van der Waals surface area contributed by atoms with Gasteiger partial charge in [0.2, 0.25) is 11.8 Å². The van der Waals surface area contributed by atoms with E-state index in [-0.39, 0.29) is 30.3 Å². The van der Waals surface area contributed by atoms with E-state index in [0.717, 1.165) is 5.69 Å². The van der Waals surface area contributed by atoms with Crippen LogP contribution in [0.25, 0.3) is 0 Å². The second kappa shape index (κ2) is 5.84. The van der Waals surface area contributed by atoms with E-state index in [1.165, 1.54) is 0 Å². The molecule has 0 bridgehead atoms. The van der Waals surface area contributed by atoms with E-state index in [2.05, 4.69) is 5.32 Å². The number of nitrogens with two attached hydrogens (primary N) is 1. The first kappa shape index (κ1) is 13.5. The molecule has 2 atom stereocenters. The molecule has 5 nitrogen and oxygen atoms in total. The van der Waals surface area contributed by atoms with Crippen molar-refractivity contribution in [3.05, 3.63) is 30.3 Å². The van der Waals surface area contributed by atoms with E-state index in [4.69, 9.17) is 5.73 Å². The van der Waals surface area contributed by atoms with Gasteiger partial charge in [-0.25, -0.2) is 0 Å². The first-order valence-electron chi connectivity index (χ1n) is 6.46. The van der Waals surface area contributed by atoms with Crippen LogP contribution in [-0.2, 0) is 9.59 Å². The molecule has 1 aliphatic heterocycles. The van der Waals surface area contributed by atoms with E-state index in [1.807, 2.05) is 30.3 Å². The fourth-order valence-corrected chi connectivity index (χ4v) is 2.24. The molecule has 2 unspecified atom stereocenters. The van der Waals surface area contributed by atoms with Crippen molar-refractivity contribution in [2.24, 2.45) is 5.73 Å². The maximum absolute atomic E-state index is 11.9. The summed E-state index contributed by atoms with van der Waals surface area (Å²) in [5.41, 5.74) is 6.45. The zero-order valence-corrected chi connectivity index (χ0v) is 11.0. The Labute approximate surface area is 112 Å². The lowest BCUT2D eigenvalue weighted by molar-refractivity contribution is -0.122. The molecule has 1 heterocycles. The van der Waals surface area contributed by atoms with Gasteiger partial charge in [0.15, 0.2) is 0 Å². The number of hydrogen-bond donors (Lipinski definition) is 2. The highest BCUT2D eigenvalue weighted by molar-refractivity contribution is 5.96. The van der Waals surface area contributed by atoms with Crippen LogP contribution in [0.3, 0.4) is 0 Å². The van der Waals surface area contributed by atoms with Crippen molar-refractivity contribution in [2.75, 3.05) is 11.4 Å². The SMILES string of the molecule is CC(N)CC(=O)NC1CC(=O)N(c2ccccc2)C1. The van der Waals surface area contributed by atoms with E-state index in [0.29, 0.717) is 13.0 Å². The monoisotopic (exact) mass is 261 g/mol. The molecule has 1 aliphatic rings. The molecule has 2 amide bonds. The quantitative estimate of drug-likeness (QED) is 0.835. The van der Waals surface area contributed by atoms with Crippen LogP contribution in [0.2, 0.25) is 0 Å². The highest BCUT2D eigenvalue weighted by Crippen LogP contribution is 2.20. The predicted octanol–water partition coefficient (Wildman–Crippen LogP) is 0.645. The third kappa shape index (κ3) is 3.54. The summed E-state index contributed by atoms with van der Waals surface area (Å²) in [5, 5.41) is 2.86. The highest BCUT2D eigenvalue weighted by atomic mass is 16.2. The van der Waals surface area contributed by atoms with Gasteiger partial charge >= 0.3 is 0 Å². The molecule has 0 aliphatic carbocycles. The van der Waals surface area contributed by atoms with Gasteiger partial charge in [0.1, 0.15) is 0 Å². The van der Waals surface area contributed by atoms with Crippen LogP contribution in [-0.4, -0.2) is 30.4 Å². The molecular formula is C14H19N3O2. The molecule has 1 saturated heterocycles. The summed E-state index contributed by atoms with van der Waals surface area (Å²) in [5.74, 6) is -0.0555. The largest absolute Gasteiger partial charge is 0.351 e. The maximum atomic E-state index is 11.9. The third-order valence-electron chi connectivity index (χ3n) is 3.07. The molecule has 1 fully saturated rings. The summed E-state index contributed by atoms with van der Waals surface area (Å²) in [7, 11) is 0. The van der Waals surface area contributed by atoms with Gasteiger partial charge in [-0.3, -0.25) is 9.59 Å². The van der Waals surface area contributed by atoms with Crippen LogP contribution >= 0.6 is 0 Å². The highest BCUT2D eigenvalue weighted by Gasteiger charge is 2.31. The summed E-state index contributed by atoms with van der Waals surface area (Å²) >= 11 is 0. The van der Waals surface area contributed by atoms with Gasteiger partial charge in [0, 0.05) is 31.1 Å². The van der Waals surface area contributed by atoms with Crippen molar-refractivity contribution < 1.29 is 9.59 Å². The topological polar surface area (TPSA) is 75.4 Å². The van der Waals surface area contributed by atoms with Gasteiger partial charge in [-0.2, -0.15) is 0 Å². The Balaban J connectivity index is 1.94. The lowest BCUT2D eigenvalue weighted by atomic mass is 10.2. The second-order valence-electron chi connectivity index (χ2n) is 4.99. The fourth-order valence-electron chi connectivity index (χ4n) is 2.24. The first-order chi connectivity index (χ1) is 9.06. The smallest absolute Gasteiger partial charge is 0.229 e. The Hall–Kier alpha value is -1.88. The van der Waals surface area contributed by atoms with Crippen molar-refractivity contribution in [1.29, 1.82) is 0 Å². The molecule has 5 heteroatoms. The zero-order chi connectivity index (χ0) is 13.8. The minimum absolute atomic E-state index is 0.0392. The van der Waals surface area contributed by atoms with Crippen molar-refractivity contribution in [1.82, 2.24) is 5.32 Å². The third-order valence-corrected chi connectivity index (χ3v) is 3.07. The number of rotatable bonds is 4. The number of anilines is 1. The van der Waals surface area contributed by atoms with E-state index >= 15 is 0 Å². The minimum Gasteiger partial charge on any atom is -0.351 e. The lowest BCUT2D eigenvalue weighted by Crippen LogP contribution is -2.39. The average molecular weight is 261 g/mol. The van der Waals surface area contributed by atoms with Crippen molar-refractivity contribution in [2.45, 2.75) is 31.8 Å². The van der Waals surface area contributed by atoms with Gasteiger partial charge < -0.3 is 16.0 Å². The van der Waals surface area contributed by atoms with Gasteiger partial charge in [0.05, 0.1) is 6.04 Å². The van der Waals surface area contributed by atoms with Gasteiger partial charge in [0.25, 0.3) is 0 Å². The Morgan fingerprint density at radius 2 is 2.16 bits per heavy atom. The van der Waals surface area contributed by atoms with E-state index in [9.17, 15) is 9.59 Å². The minimum atomic E-state index is -0.165. The molecule has 3 N–H and O–H groups in total. The van der Waals surface area contributed by atoms with Crippen LogP contribution in [0.15, 0.2) is 30.3 Å². The first-order valence-corrected chi connectivity index (χ1v) is 6.46. The number of carbonyl (C=O) groups excluding carboxylic acids is 2. The summed E-state index contributed by atoms with van der Waals surface area (Å²) in [4.78, 5) is 25.3. The number of benzene rings is 1. The summed E-state index contributed by atoms with van der Waals surface area (Å²) in [6.45, 7) is 2.31. The molecule has 0 aromatic heterocycles. The molecule has 19 heavy (non-hydrogen) atoms. The van der Waals surface area contributed by atoms with Gasteiger partial charge in [-0.1, -0.05) is 18.2 Å². The van der Waals surface area contributed by atoms with Crippen molar-refractivity contribution in [3.63, 3.8) is 0 Å². The molecule has 0 radical (unpaired) electrons. The number of nitrogens with one attached hydrogen (secondary N) is 1. The van der Waals surface area contributed by atoms with E-state index < -0.39 is 0 Å². The second-order valence-corrected chi connectivity index (χ2v) is 4.99. The Bertz CT molecular complexity index is 459. The molecule has 0 saturated carbocycles. The van der Waals surface area contributed by atoms with Crippen LogP contribution in [0, 0.1) is 0 Å². The Morgan fingerprint density at radius 1 is 1.47 bits per heavy atom. The number of hydrogen-bond acceptors (Lipinski definition) is 3. The Kier molecular flexibility index (Phi) is 4.16. The fraction of sp³-hybridized carbons (Fsp3) is 0.429. The molecule has 0 spiro atoms. The van der Waals surface area contributed by atoms with Gasteiger partial charge in [-0.05, 0) is 19.1 Å². The van der Waals surface area contributed by atoms with Crippen molar-refractivity contribution in [3.8, 4) is 0 Å². The number of carbonyl (C=O) groups is 2. The lowest BCUT2D eigenvalue weighted by Gasteiger charge is -2.17. The predicted molar refractivity (Wildman–Crippen MR) is 73.6 cm³/mol. The van der Waals surface area contributed by atoms with Gasteiger partial charge in [-0.15, -0.1) is 0 Å². The zero-order valence-electron chi connectivity index (χ0n) is 11.0. The van der Waals surface area contributed by atoms with E-state index in [1.54, 1.807) is 11.8 Å². The van der Waals surface area contributed by atoms with Crippen molar-refractivity contribution >= 4 is 17.5 Å². The maximum Gasteiger partial charge on any atom is 0.229 e. The summed E-state index contributed by atoms with van der Waals surface area (Å²) in [6.07, 6.45) is 0.635. The molecule has 2 rings (SSSR count). The molecule has 102 valence electrons. The molecule has 1 aromatic rings. The van der Waals surface area contributed by atoms with Crippen LogP contribution < -0.4 is 16.0 Å². The standard InChI is InChI=1S/C14H19N3O2/c1-10(15)7-13(18)16-11-8-14(19)17(9-11)12-5-3-2-4-6-12/h2-6,10-11H,7-9,15H2,1H3,(H,16,18).